The molecule has 0 fully saturated rings. The zero-order valence-electron chi connectivity index (χ0n) is 13.1. The highest BCUT2D eigenvalue weighted by Crippen LogP contribution is 2.23. The van der Waals surface area contributed by atoms with Crippen molar-refractivity contribution in [2.75, 3.05) is 25.6 Å². The molecule has 0 aliphatic rings. The second-order valence-electron chi connectivity index (χ2n) is 5.45. The Labute approximate surface area is 126 Å². The SMILES string of the molecule is COc1ccc(N(C)CC(O)c2cc(C)ccc2C)cc1. The number of aryl methyl sites for hydroxylation is 2. The number of ether oxygens (including phenoxy) is 1. The molecule has 0 bridgehead atoms. The molecule has 1 unspecified atom stereocenters. The first-order chi connectivity index (χ1) is 10.0. The quantitative estimate of drug-likeness (QED) is 0.913. The van der Waals surface area contributed by atoms with Gasteiger partial charge in [0.05, 0.1) is 13.2 Å². The van der Waals surface area contributed by atoms with Crippen LogP contribution in [0.2, 0.25) is 0 Å². The van der Waals surface area contributed by atoms with E-state index in [1.54, 1.807) is 7.11 Å². The Balaban J connectivity index is 2.10. The van der Waals surface area contributed by atoms with Crippen molar-refractivity contribution in [1.29, 1.82) is 0 Å². The van der Waals surface area contributed by atoms with Crippen LogP contribution >= 0.6 is 0 Å². The van der Waals surface area contributed by atoms with Crippen LogP contribution in [-0.2, 0) is 0 Å². The summed E-state index contributed by atoms with van der Waals surface area (Å²) in [5, 5.41) is 10.5. The molecule has 0 heterocycles. The molecule has 0 aliphatic heterocycles. The third kappa shape index (κ3) is 3.76. The lowest BCUT2D eigenvalue weighted by Crippen LogP contribution is -2.24. The van der Waals surface area contributed by atoms with Crippen LogP contribution in [0.25, 0.3) is 0 Å². The number of likely N-dealkylation sites (N-methyl/N-ethyl adjacent to an activating group) is 1. The number of methoxy groups -OCH3 is 1. The maximum atomic E-state index is 10.5. The van der Waals surface area contributed by atoms with Crippen molar-refractivity contribution in [3.8, 4) is 5.75 Å². The van der Waals surface area contributed by atoms with Crippen LogP contribution in [0.3, 0.4) is 0 Å². The Kier molecular flexibility index (Phi) is 4.86. The molecule has 3 nitrogen and oxygen atoms in total. The lowest BCUT2D eigenvalue weighted by atomic mass is 10.0. The van der Waals surface area contributed by atoms with Gasteiger partial charge in [0.25, 0.3) is 0 Å². The molecule has 1 atom stereocenters. The largest absolute Gasteiger partial charge is 0.497 e. The Bertz CT molecular complexity index is 593. The average Bonchev–Trinajstić information content (AvgIpc) is 2.49. The summed E-state index contributed by atoms with van der Waals surface area (Å²) in [6, 6.07) is 14.0. The predicted octanol–water partition coefficient (Wildman–Crippen LogP) is 3.48. The Morgan fingerprint density at radius 2 is 1.76 bits per heavy atom. The first kappa shape index (κ1) is 15.4. The second-order valence-corrected chi connectivity index (χ2v) is 5.45. The highest BCUT2D eigenvalue weighted by atomic mass is 16.5. The van der Waals surface area contributed by atoms with Gasteiger partial charge in [-0.1, -0.05) is 23.8 Å². The van der Waals surface area contributed by atoms with Crippen molar-refractivity contribution in [1.82, 2.24) is 0 Å². The molecule has 2 aromatic carbocycles. The lowest BCUT2D eigenvalue weighted by Gasteiger charge is -2.24. The van der Waals surface area contributed by atoms with E-state index in [2.05, 4.69) is 18.2 Å². The number of nitrogens with zero attached hydrogens (tertiary/aromatic N) is 1. The van der Waals surface area contributed by atoms with Crippen LogP contribution < -0.4 is 9.64 Å². The standard InChI is InChI=1S/C18H23NO2/c1-13-5-6-14(2)17(11-13)18(20)12-19(3)15-7-9-16(21-4)10-8-15/h5-11,18,20H,12H2,1-4H3. The van der Waals surface area contributed by atoms with E-state index in [1.807, 2.05) is 50.1 Å². The number of aliphatic hydroxyl groups is 1. The minimum absolute atomic E-state index is 0.503. The molecule has 0 aromatic heterocycles. The first-order valence-electron chi connectivity index (χ1n) is 7.11. The summed E-state index contributed by atoms with van der Waals surface area (Å²) in [7, 11) is 3.64. The van der Waals surface area contributed by atoms with E-state index >= 15 is 0 Å². The van der Waals surface area contributed by atoms with Crippen LogP contribution in [0.5, 0.6) is 5.75 Å². The fraction of sp³-hybridized carbons (Fsp3) is 0.333. The molecule has 1 N–H and O–H groups in total. The van der Waals surface area contributed by atoms with Gasteiger partial charge in [0.2, 0.25) is 0 Å². The average molecular weight is 285 g/mol. The van der Waals surface area contributed by atoms with Gasteiger partial charge in [-0.05, 0) is 49.2 Å². The molecule has 3 heteroatoms. The number of rotatable bonds is 5. The van der Waals surface area contributed by atoms with Gasteiger partial charge in [-0.2, -0.15) is 0 Å². The van der Waals surface area contributed by atoms with Crippen molar-refractivity contribution < 1.29 is 9.84 Å². The fourth-order valence-corrected chi connectivity index (χ4v) is 2.42. The zero-order chi connectivity index (χ0) is 15.4. The molecular weight excluding hydrogens is 262 g/mol. The third-order valence-corrected chi connectivity index (χ3v) is 3.75. The maximum Gasteiger partial charge on any atom is 0.119 e. The number of hydrogen-bond donors (Lipinski definition) is 1. The minimum atomic E-state index is -0.503. The first-order valence-corrected chi connectivity index (χ1v) is 7.11. The maximum absolute atomic E-state index is 10.5. The van der Waals surface area contributed by atoms with Crippen LogP contribution in [0, 0.1) is 13.8 Å². The number of hydrogen-bond acceptors (Lipinski definition) is 3. The Morgan fingerprint density at radius 3 is 2.38 bits per heavy atom. The normalized spacial score (nSPS) is 12.0. The smallest absolute Gasteiger partial charge is 0.119 e. The van der Waals surface area contributed by atoms with Crippen LogP contribution in [0.15, 0.2) is 42.5 Å². The molecule has 21 heavy (non-hydrogen) atoms. The van der Waals surface area contributed by atoms with Crippen LogP contribution in [0.1, 0.15) is 22.8 Å². The van der Waals surface area contributed by atoms with Crippen molar-refractivity contribution in [2.24, 2.45) is 0 Å². The predicted molar refractivity (Wildman–Crippen MR) is 87.1 cm³/mol. The number of aliphatic hydroxyl groups excluding tert-OH is 1. The van der Waals surface area contributed by atoms with Gasteiger partial charge >= 0.3 is 0 Å². The molecule has 0 radical (unpaired) electrons. The monoisotopic (exact) mass is 285 g/mol. The van der Waals surface area contributed by atoms with Gasteiger partial charge in [-0.25, -0.2) is 0 Å². The van der Waals surface area contributed by atoms with E-state index in [9.17, 15) is 5.11 Å². The van der Waals surface area contributed by atoms with Crippen LogP contribution in [0.4, 0.5) is 5.69 Å². The molecule has 0 spiro atoms. The lowest BCUT2D eigenvalue weighted by molar-refractivity contribution is 0.184. The van der Waals surface area contributed by atoms with E-state index < -0.39 is 6.10 Å². The third-order valence-electron chi connectivity index (χ3n) is 3.75. The highest BCUT2D eigenvalue weighted by Gasteiger charge is 2.13. The van der Waals surface area contributed by atoms with E-state index in [0.717, 1.165) is 22.6 Å². The van der Waals surface area contributed by atoms with Crippen molar-refractivity contribution in [3.63, 3.8) is 0 Å². The summed E-state index contributed by atoms with van der Waals surface area (Å²) < 4.78 is 5.16. The van der Waals surface area contributed by atoms with Gasteiger partial charge in [-0.15, -0.1) is 0 Å². The molecule has 112 valence electrons. The molecule has 2 aromatic rings. The fourth-order valence-electron chi connectivity index (χ4n) is 2.42. The van der Waals surface area contributed by atoms with Gasteiger partial charge < -0.3 is 14.7 Å². The van der Waals surface area contributed by atoms with Gasteiger partial charge in [0.15, 0.2) is 0 Å². The van der Waals surface area contributed by atoms with Crippen molar-refractivity contribution in [3.05, 3.63) is 59.2 Å². The van der Waals surface area contributed by atoms with E-state index in [-0.39, 0.29) is 0 Å². The summed E-state index contributed by atoms with van der Waals surface area (Å²) in [4.78, 5) is 2.05. The van der Waals surface area contributed by atoms with Crippen LogP contribution in [-0.4, -0.2) is 25.8 Å². The van der Waals surface area contributed by atoms with Gasteiger partial charge in [-0.3, -0.25) is 0 Å². The summed E-state index contributed by atoms with van der Waals surface area (Å²) in [5.41, 5.74) is 4.34. The highest BCUT2D eigenvalue weighted by molar-refractivity contribution is 5.49. The Hall–Kier alpha value is -2.00. The zero-order valence-corrected chi connectivity index (χ0v) is 13.1. The van der Waals surface area contributed by atoms with Gasteiger partial charge in [0, 0.05) is 19.3 Å². The van der Waals surface area contributed by atoms with E-state index in [0.29, 0.717) is 6.54 Å². The minimum Gasteiger partial charge on any atom is -0.497 e. The van der Waals surface area contributed by atoms with Crippen molar-refractivity contribution in [2.45, 2.75) is 20.0 Å². The van der Waals surface area contributed by atoms with Crippen molar-refractivity contribution >= 4 is 5.69 Å². The summed E-state index contributed by atoms with van der Waals surface area (Å²) in [6.07, 6.45) is -0.503. The topological polar surface area (TPSA) is 32.7 Å². The van der Waals surface area contributed by atoms with Gasteiger partial charge in [0.1, 0.15) is 5.75 Å². The van der Waals surface area contributed by atoms with E-state index in [1.165, 1.54) is 5.56 Å². The molecule has 0 saturated carbocycles. The van der Waals surface area contributed by atoms with E-state index in [4.69, 9.17) is 4.74 Å². The molecule has 0 amide bonds. The number of benzene rings is 2. The number of anilines is 1. The molecular formula is C18H23NO2. The molecule has 0 saturated heterocycles. The second kappa shape index (κ2) is 6.64. The Morgan fingerprint density at radius 1 is 1.10 bits per heavy atom. The molecule has 2 rings (SSSR count). The summed E-state index contributed by atoms with van der Waals surface area (Å²) in [5.74, 6) is 0.835. The summed E-state index contributed by atoms with van der Waals surface area (Å²) in [6.45, 7) is 4.63. The molecule has 0 aliphatic carbocycles. The summed E-state index contributed by atoms with van der Waals surface area (Å²) >= 11 is 0.